The van der Waals surface area contributed by atoms with Gasteiger partial charge in [-0.15, -0.1) is 0 Å². The fraction of sp³-hybridized carbons (Fsp3) is 0.933. The Morgan fingerprint density at radius 1 is 1.42 bits per heavy atom. The van der Waals surface area contributed by atoms with Gasteiger partial charge in [-0.3, -0.25) is 4.79 Å². The molecule has 4 unspecified atom stereocenters. The van der Waals surface area contributed by atoms with Crippen molar-refractivity contribution in [3.05, 3.63) is 0 Å². The Balaban J connectivity index is 2.45. The second-order valence-electron chi connectivity index (χ2n) is 6.54. The number of piperidine rings is 1. The maximum Gasteiger partial charge on any atom is 0.323 e. The van der Waals surface area contributed by atoms with Gasteiger partial charge in [0.05, 0.1) is 0 Å². The van der Waals surface area contributed by atoms with E-state index in [1.807, 2.05) is 0 Å². The quantitative estimate of drug-likeness (QED) is 0.777. The van der Waals surface area contributed by atoms with Gasteiger partial charge in [0.25, 0.3) is 0 Å². The van der Waals surface area contributed by atoms with Crippen molar-refractivity contribution in [3.8, 4) is 0 Å². The zero-order valence-electron chi connectivity index (χ0n) is 13.1. The number of carboxylic acids is 1. The summed E-state index contributed by atoms with van der Waals surface area (Å²) in [6.45, 7) is 10.8. The fourth-order valence-electron chi connectivity index (χ4n) is 3.10. The Morgan fingerprint density at radius 2 is 2.05 bits per heavy atom. The van der Waals surface area contributed by atoms with Crippen molar-refractivity contribution in [1.82, 2.24) is 10.2 Å². The van der Waals surface area contributed by atoms with E-state index in [4.69, 9.17) is 0 Å². The van der Waals surface area contributed by atoms with Crippen LogP contribution in [0.15, 0.2) is 0 Å². The highest BCUT2D eigenvalue weighted by atomic mass is 16.4. The smallest absolute Gasteiger partial charge is 0.323 e. The van der Waals surface area contributed by atoms with E-state index in [0.717, 1.165) is 31.3 Å². The summed E-state index contributed by atoms with van der Waals surface area (Å²) in [4.78, 5) is 13.8. The van der Waals surface area contributed by atoms with Crippen LogP contribution in [0, 0.1) is 11.8 Å². The third-order valence-corrected chi connectivity index (χ3v) is 4.87. The summed E-state index contributed by atoms with van der Waals surface area (Å²) in [7, 11) is 1.72. The lowest BCUT2D eigenvalue weighted by Gasteiger charge is -2.41. The molecule has 2 N–H and O–H groups in total. The minimum atomic E-state index is -0.795. The molecule has 0 radical (unpaired) electrons. The average molecular weight is 270 g/mol. The standard InChI is InChI=1S/C15H30N2O2/c1-11-9-12(2)13(3)17(10-11)8-6-7-15(4,16-5)14(18)19/h11-13,16H,6-10H2,1-5H3,(H,18,19). The van der Waals surface area contributed by atoms with Crippen LogP contribution >= 0.6 is 0 Å². The molecule has 0 amide bonds. The number of carboxylic acid groups (broad SMARTS) is 1. The molecule has 4 nitrogen and oxygen atoms in total. The number of rotatable bonds is 6. The molecule has 19 heavy (non-hydrogen) atoms. The van der Waals surface area contributed by atoms with Crippen molar-refractivity contribution in [3.63, 3.8) is 0 Å². The third kappa shape index (κ3) is 4.18. The summed E-state index contributed by atoms with van der Waals surface area (Å²) in [6.07, 6.45) is 2.90. The summed E-state index contributed by atoms with van der Waals surface area (Å²) in [5.74, 6) is 0.726. The second kappa shape index (κ2) is 6.71. The van der Waals surface area contributed by atoms with E-state index < -0.39 is 11.5 Å². The first-order chi connectivity index (χ1) is 8.80. The molecule has 1 saturated heterocycles. The molecule has 0 saturated carbocycles. The number of likely N-dealkylation sites (tertiary alicyclic amines) is 1. The molecular weight excluding hydrogens is 240 g/mol. The maximum atomic E-state index is 11.2. The van der Waals surface area contributed by atoms with Gasteiger partial charge in [0, 0.05) is 12.6 Å². The molecule has 1 fully saturated rings. The summed E-state index contributed by atoms with van der Waals surface area (Å²) in [5.41, 5.74) is -0.795. The van der Waals surface area contributed by atoms with Crippen LogP contribution in [0.4, 0.5) is 0 Å². The lowest BCUT2D eigenvalue weighted by Crippen LogP contribution is -2.49. The van der Waals surface area contributed by atoms with E-state index in [1.54, 1.807) is 14.0 Å². The zero-order valence-corrected chi connectivity index (χ0v) is 13.1. The third-order valence-electron chi connectivity index (χ3n) is 4.87. The van der Waals surface area contributed by atoms with Gasteiger partial charge in [0.1, 0.15) is 5.54 Å². The van der Waals surface area contributed by atoms with Gasteiger partial charge in [-0.25, -0.2) is 0 Å². The number of nitrogens with zero attached hydrogens (tertiary/aromatic N) is 1. The van der Waals surface area contributed by atoms with Crippen molar-refractivity contribution in [2.24, 2.45) is 11.8 Å². The van der Waals surface area contributed by atoms with Crippen LogP contribution < -0.4 is 5.32 Å². The number of hydrogen-bond acceptors (Lipinski definition) is 3. The SMILES string of the molecule is CNC(C)(CCCN1CC(C)CC(C)C1C)C(=O)O. The van der Waals surface area contributed by atoms with Crippen LogP contribution in [-0.4, -0.2) is 47.7 Å². The molecule has 0 aromatic carbocycles. The first-order valence-corrected chi connectivity index (χ1v) is 7.46. The predicted octanol–water partition coefficient (Wildman–Crippen LogP) is 2.20. The molecule has 4 atom stereocenters. The van der Waals surface area contributed by atoms with E-state index in [-0.39, 0.29) is 0 Å². The molecule has 4 heteroatoms. The van der Waals surface area contributed by atoms with Crippen molar-refractivity contribution >= 4 is 5.97 Å². The normalized spacial score (nSPS) is 31.9. The summed E-state index contributed by atoms with van der Waals surface area (Å²) in [5, 5.41) is 12.2. The van der Waals surface area contributed by atoms with E-state index >= 15 is 0 Å². The predicted molar refractivity (Wildman–Crippen MR) is 78.3 cm³/mol. The zero-order chi connectivity index (χ0) is 14.6. The van der Waals surface area contributed by atoms with Gasteiger partial charge < -0.3 is 15.3 Å². The minimum Gasteiger partial charge on any atom is -0.480 e. The van der Waals surface area contributed by atoms with Gasteiger partial charge in [-0.05, 0) is 58.5 Å². The summed E-state index contributed by atoms with van der Waals surface area (Å²) < 4.78 is 0. The van der Waals surface area contributed by atoms with Gasteiger partial charge >= 0.3 is 5.97 Å². The highest BCUT2D eigenvalue weighted by Gasteiger charge is 2.32. The Kier molecular flexibility index (Phi) is 5.81. The van der Waals surface area contributed by atoms with Crippen LogP contribution in [0.25, 0.3) is 0 Å². The first kappa shape index (κ1) is 16.4. The van der Waals surface area contributed by atoms with Crippen molar-refractivity contribution in [2.75, 3.05) is 20.1 Å². The highest BCUT2D eigenvalue weighted by molar-refractivity contribution is 5.78. The van der Waals surface area contributed by atoms with E-state index in [1.165, 1.54) is 6.42 Å². The maximum absolute atomic E-state index is 11.2. The number of carbonyl (C=O) groups is 1. The number of nitrogens with one attached hydrogen (secondary N) is 1. The molecule has 1 heterocycles. The van der Waals surface area contributed by atoms with Gasteiger partial charge in [-0.2, -0.15) is 0 Å². The summed E-state index contributed by atoms with van der Waals surface area (Å²) >= 11 is 0. The number of aliphatic carboxylic acids is 1. The van der Waals surface area contributed by atoms with E-state index in [2.05, 4.69) is 31.0 Å². The second-order valence-corrected chi connectivity index (χ2v) is 6.54. The molecule has 0 aliphatic carbocycles. The van der Waals surface area contributed by atoms with Crippen molar-refractivity contribution < 1.29 is 9.90 Å². The average Bonchev–Trinajstić information content (AvgIpc) is 2.34. The molecule has 0 spiro atoms. The monoisotopic (exact) mass is 270 g/mol. The molecule has 1 aliphatic heterocycles. The van der Waals surface area contributed by atoms with E-state index in [9.17, 15) is 9.90 Å². The van der Waals surface area contributed by atoms with E-state index in [0.29, 0.717) is 12.5 Å². The number of likely N-dealkylation sites (N-methyl/N-ethyl adjacent to an activating group) is 1. The molecule has 0 aromatic heterocycles. The van der Waals surface area contributed by atoms with Crippen LogP contribution in [0.3, 0.4) is 0 Å². The van der Waals surface area contributed by atoms with Crippen molar-refractivity contribution in [1.29, 1.82) is 0 Å². The Labute approximate surface area is 117 Å². The van der Waals surface area contributed by atoms with Crippen LogP contribution in [0.2, 0.25) is 0 Å². The first-order valence-electron chi connectivity index (χ1n) is 7.46. The molecule has 0 aromatic rings. The Morgan fingerprint density at radius 3 is 2.58 bits per heavy atom. The van der Waals surface area contributed by atoms with Crippen molar-refractivity contribution in [2.45, 2.75) is 58.5 Å². The van der Waals surface area contributed by atoms with Gasteiger partial charge in [0.15, 0.2) is 0 Å². The Bertz CT molecular complexity index is 309. The molecule has 112 valence electrons. The Hall–Kier alpha value is -0.610. The van der Waals surface area contributed by atoms with Crippen LogP contribution in [0.5, 0.6) is 0 Å². The van der Waals surface area contributed by atoms with Gasteiger partial charge in [-0.1, -0.05) is 13.8 Å². The number of hydrogen-bond donors (Lipinski definition) is 2. The lowest BCUT2D eigenvalue weighted by molar-refractivity contribution is -0.144. The molecular formula is C15H30N2O2. The minimum absolute atomic E-state index is 0.613. The van der Waals surface area contributed by atoms with Crippen LogP contribution in [0.1, 0.15) is 47.0 Å². The largest absolute Gasteiger partial charge is 0.480 e. The fourth-order valence-corrected chi connectivity index (χ4v) is 3.10. The summed E-state index contributed by atoms with van der Waals surface area (Å²) in [6, 6.07) is 0.613. The van der Waals surface area contributed by atoms with Crippen LogP contribution in [-0.2, 0) is 4.79 Å². The molecule has 0 bridgehead atoms. The highest BCUT2D eigenvalue weighted by Crippen LogP contribution is 2.27. The van der Waals surface area contributed by atoms with Gasteiger partial charge in [0.2, 0.25) is 0 Å². The molecule has 1 rings (SSSR count). The lowest BCUT2D eigenvalue weighted by atomic mass is 9.85. The molecule has 1 aliphatic rings. The topological polar surface area (TPSA) is 52.6 Å².